The smallest absolute Gasteiger partial charge is 0.219 e. The van der Waals surface area contributed by atoms with E-state index in [1.165, 1.54) is 5.56 Å². The van der Waals surface area contributed by atoms with Gasteiger partial charge in [-0.15, -0.1) is 0 Å². The average Bonchev–Trinajstić information content (AvgIpc) is 2.40. The molecule has 0 fully saturated rings. The van der Waals surface area contributed by atoms with E-state index in [1.54, 1.807) is 6.20 Å². The maximum atomic E-state index is 5.73. The van der Waals surface area contributed by atoms with Crippen molar-refractivity contribution in [1.82, 2.24) is 9.97 Å². The van der Waals surface area contributed by atoms with Crippen molar-refractivity contribution < 1.29 is 4.74 Å². The third-order valence-corrected chi connectivity index (χ3v) is 2.98. The summed E-state index contributed by atoms with van der Waals surface area (Å²) >= 11 is 0. The number of hydrogen-bond donors (Lipinski definition) is 0. The van der Waals surface area contributed by atoms with E-state index >= 15 is 0 Å². The van der Waals surface area contributed by atoms with Crippen LogP contribution in [0.4, 0.5) is 0 Å². The Bertz CT molecular complexity index is 723. The van der Waals surface area contributed by atoms with Gasteiger partial charge in [0.2, 0.25) is 5.88 Å². The van der Waals surface area contributed by atoms with Gasteiger partial charge < -0.3 is 4.74 Å². The van der Waals surface area contributed by atoms with Gasteiger partial charge in [-0.05, 0) is 49.7 Å². The van der Waals surface area contributed by atoms with Crippen molar-refractivity contribution >= 4 is 10.9 Å². The fourth-order valence-corrected chi connectivity index (χ4v) is 2.13. The molecule has 0 aliphatic rings. The number of rotatable bonds is 2. The quantitative estimate of drug-likeness (QED) is 0.688. The van der Waals surface area contributed by atoms with Gasteiger partial charge in [-0.3, -0.25) is 4.98 Å². The first-order valence-electron chi connectivity index (χ1n) is 6.19. The van der Waals surface area contributed by atoms with Crippen molar-refractivity contribution in [2.45, 2.75) is 13.8 Å². The van der Waals surface area contributed by atoms with Crippen LogP contribution in [-0.2, 0) is 0 Å². The lowest BCUT2D eigenvalue weighted by atomic mass is 10.1. The zero-order chi connectivity index (χ0) is 13.2. The molecule has 0 radical (unpaired) electrons. The average molecular weight is 250 g/mol. The van der Waals surface area contributed by atoms with Gasteiger partial charge in [0.1, 0.15) is 5.75 Å². The molecule has 2 heterocycles. The Morgan fingerprint density at radius 1 is 1.00 bits per heavy atom. The molecular formula is C16H14N2O. The summed E-state index contributed by atoms with van der Waals surface area (Å²) in [4.78, 5) is 8.67. The second-order valence-corrected chi connectivity index (χ2v) is 4.53. The van der Waals surface area contributed by atoms with E-state index in [9.17, 15) is 0 Å². The van der Waals surface area contributed by atoms with Crippen LogP contribution in [0.5, 0.6) is 11.6 Å². The standard InChI is InChI=1S/C16H14N2O/c1-11-9-12(2)18-15-7-6-13(10-14(11)15)19-16-5-3-4-8-17-16/h3-10H,1-2H3. The Labute approximate surface area is 111 Å². The predicted octanol–water partition coefficient (Wildman–Crippen LogP) is 4.04. The highest BCUT2D eigenvalue weighted by atomic mass is 16.5. The zero-order valence-electron chi connectivity index (χ0n) is 10.9. The molecule has 3 nitrogen and oxygen atoms in total. The zero-order valence-corrected chi connectivity index (χ0v) is 10.9. The molecule has 1 aromatic carbocycles. The van der Waals surface area contributed by atoms with Crippen LogP contribution >= 0.6 is 0 Å². The van der Waals surface area contributed by atoms with E-state index in [-0.39, 0.29) is 0 Å². The number of fused-ring (bicyclic) bond motifs is 1. The molecule has 0 saturated carbocycles. The summed E-state index contributed by atoms with van der Waals surface area (Å²) < 4.78 is 5.73. The summed E-state index contributed by atoms with van der Waals surface area (Å²) in [6.45, 7) is 4.09. The molecule has 94 valence electrons. The number of hydrogen-bond acceptors (Lipinski definition) is 3. The van der Waals surface area contributed by atoms with E-state index in [2.05, 4.69) is 23.0 Å². The minimum atomic E-state index is 0.597. The van der Waals surface area contributed by atoms with Crippen LogP contribution in [0.1, 0.15) is 11.3 Å². The first-order valence-corrected chi connectivity index (χ1v) is 6.19. The molecule has 0 unspecified atom stereocenters. The normalized spacial score (nSPS) is 10.6. The molecule has 3 rings (SSSR count). The first kappa shape index (κ1) is 11.7. The van der Waals surface area contributed by atoms with Gasteiger partial charge in [0.25, 0.3) is 0 Å². The number of ether oxygens (including phenoxy) is 1. The fourth-order valence-electron chi connectivity index (χ4n) is 2.13. The van der Waals surface area contributed by atoms with Crippen molar-refractivity contribution in [1.29, 1.82) is 0 Å². The molecule has 3 heteroatoms. The van der Waals surface area contributed by atoms with Gasteiger partial charge >= 0.3 is 0 Å². The van der Waals surface area contributed by atoms with Gasteiger partial charge in [-0.2, -0.15) is 0 Å². The van der Waals surface area contributed by atoms with Crippen molar-refractivity contribution in [2.24, 2.45) is 0 Å². The van der Waals surface area contributed by atoms with E-state index in [1.807, 2.05) is 43.3 Å². The van der Waals surface area contributed by atoms with E-state index in [0.29, 0.717) is 5.88 Å². The van der Waals surface area contributed by atoms with Crippen molar-refractivity contribution in [2.75, 3.05) is 0 Å². The molecule has 0 aliphatic heterocycles. The number of benzene rings is 1. The molecule has 0 aliphatic carbocycles. The maximum absolute atomic E-state index is 5.73. The highest BCUT2D eigenvalue weighted by Crippen LogP contribution is 2.25. The lowest BCUT2D eigenvalue weighted by Crippen LogP contribution is -1.90. The SMILES string of the molecule is Cc1cc(C)c2cc(Oc3ccccn3)ccc2n1. The van der Waals surface area contributed by atoms with E-state index in [4.69, 9.17) is 4.74 Å². The topological polar surface area (TPSA) is 35.0 Å². The Morgan fingerprint density at radius 3 is 2.68 bits per heavy atom. The summed E-state index contributed by atoms with van der Waals surface area (Å²) in [6, 6.07) is 13.6. The molecule has 0 bridgehead atoms. The van der Waals surface area contributed by atoms with Gasteiger partial charge in [0, 0.05) is 23.3 Å². The van der Waals surface area contributed by atoms with Crippen LogP contribution in [0.15, 0.2) is 48.7 Å². The van der Waals surface area contributed by atoms with Crippen LogP contribution in [0.25, 0.3) is 10.9 Å². The monoisotopic (exact) mass is 250 g/mol. The minimum Gasteiger partial charge on any atom is -0.439 e. The summed E-state index contributed by atoms with van der Waals surface area (Å²) in [5.41, 5.74) is 3.23. The highest BCUT2D eigenvalue weighted by molar-refractivity contribution is 5.83. The molecule has 0 N–H and O–H groups in total. The Morgan fingerprint density at radius 2 is 1.89 bits per heavy atom. The Kier molecular flexibility index (Phi) is 2.88. The van der Waals surface area contributed by atoms with Crippen LogP contribution in [0, 0.1) is 13.8 Å². The molecule has 3 aromatic rings. The lowest BCUT2D eigenvalue weighted by Gasteiger charge is -2.07. The molecule has 0 atom stereocenters. The van der Waals surface area contributed by atoms with Crippen LogP contribution in [-0.4, -0.2) is 9.97 Å². The second kappa shape index (κ2) is 4.69. The molecule has 0 saturated heterocycles. The van der Waals surface area contributed by atoms with E-state index < -0.39 is 0 Å². The Hall–Kier alpha value is -2.42. The summed E-state index contributed by atoms with van der Waals surface area (Å²) in [5.74, 6) is 1.37. The van der Waals surface area contributed by atoms with Crippen LogP contribution < -0.4 is 4.74 Å². The number of aryl methyl sites for hydroxylation is 2. The molecular weight excluding hydrogens is 236 g/mol. The summed E-state index contributed by atoms with van der Waals surface area (Å²) in [6.07, 6.45) is 1.71. The lowest BCUT2D eigenvalue weighted by molar-refractivity contribution is 0.463. The summed E-state index contributed by atoms with van der Waals surface area (Å²) in [7, 11) is 0. The maximum Gasteiger partial charge on any atom is 0.219 e. The molecule has 2 aromatic heterocycles. The molecule has 19 heavy (non-hydrogen) atoms. The number of nitrogens with zero attached hydrogens (tertiary/aromatic N) is 2. The largest absolute Gasteiger partial charge is 0.439 e. The van der Waals surface area contributed by atoms with Crippen LogP contribution in [0.2, 0.25) is 0 Å². The van der Waals surface area contributed by atoms with Gasteiger partial charge in [0.05, 0.1) is 5.52 Å². The van der Waals surface area contributed by atoms with Crippen molar-refractivity contribution in [3.63, 3.8) is 0 Å². The Balaban J connectivity index is 2.02. The van der Waals surface area contributed by atoms with Crippen molar-refractivity contribution in [3.8, 4) is 11.6 Å². The second-order valence-electron chi connectivity index (χ2n) is 4.53. The van der Waals surface area contributed by atoms with Gasteiger partial charge in [0.15, 0.2) is 0 Å². The summed E-state index contributed by atoms with van der Waals surface area (Å²) in [5, 5.41) is 1.11. The third kappa shape index (κ3) is 2.40. The number of pyridine rings is 2. The third-order valence-electron chi connectivity index (χ3n) is 2.98. The van der Waals surface area contributed by atoms with E-state index in [0.717, 1.165) is 22.3 Å². The van der Waals surface area contributed by atoms with Crippen LogP contribution in [0.3, 0.4) is 0 Å². The predicted molar refractivity (Wildman–Crippen MR) is 75.5 cm³/mol. The minimum absolute atomic E-state index is 0.597. The molecule has 0 spiro atoms. The first-order chi connectivity index (χ1) is 9.22. The van der Waals surface area contributed by atoms with Crippen molar-refractivity contribution in [3.05, 3.63) is 59.9 Å². The highest BCUT2D eigenvalue weighted by Gasteiger charge is 2.04. The van der Waals surface area contributed by atoms with Gasteiger partial charge in [-0.25, -0.2) is 4.98 Å². The van der Waals surface area contributed by atoms with Gasteiger partial charge in [-0.1, -0.05) is 6.07 Å². The molecule has 0 amide bonds. The fraction of sp³-hybridized carbons (Fsp3) is 0.125. The number of aromatic nitrogens is 2.